The molecule has 27 heavy (non-hydrogen) atoms. The van der Waals surface area contributed by atoms with E-state index in [1.165, 1.54) is 19.1 Å². The Morgan fingerprint density at radius 1 is 1.26 bits per heavy atom. The van der Waals surface area contributed by atoms with Gasteiger partial charge in [-0.05, 0) is 18.1 Å². The minimum absolute atomic E-state index is 0.190. The highest BCUT2D eigenvalue weighted by molar-refractivity contribution is 6.01. The molecule has 1 aliphatic heterocycles. The third-order valence-corrected chi connectivity index (χ3v) is 4.17. The molecule has 1 aromatic carbocycles. The van der Waals surface area contributed by atoms with E-state index in [9.17, 15) is 14.4 Å². The van der Waals surface area contributed by atoms with Crippen molar-refractivity contribution in [1.29, 1.82) is 0 Å². The molecule has 1 fully saturated rings. The van der Waals surface area contributed by atoms with Gasteiger partial charge in [0.1, 0.15) is 17.5 Å². The zero-order valence-corrected chi connectivity index (χ0v) is 16.1. The molecule has 0 aliphatic carbocycles. The molecule has 1 aromatic rings. The molecule has 1 N–H and O–H groups in total. The Labute approximate surface area is 158 Å². The SMILES string of the molecule is COc1ccc(C(=O)N2CCNC(=O)C2CC(=O)OCC(C)C)c(OC)c1. The Bertz CT molecular complexity index is 703. The summed E-state index contributed by atoms with van der Waals surface area (Å²) in [6.45, 7) is 4.73. The molecule has 0 saturated carbocycles. The van der Waals surface area contributed by atoms with Gasteiger partial charge in [0.2, 0.25) is 5.91 Å². The van der Waals surface area contributed by atoms with Crippen LogP contribution in [-0.4, -0.2) is 62.6 Å². The van der Waals surface area contributed by atoms with Crippen LogP contribution in [0.4, 0.5) is 0 Å². The monoisotopic (exact) mass is 378 g/mol. The molecule has 0 aromatic heterocycles. The summed E-state index contributed by atoms with van der Waals surface area (Å²) in [6.07, 6.45) is -0.192. The number of methoxy groups -OCH3 is 2. The fourth-order valence-corrected chi connectivity index (χ4v) is 2.77. The van der Waals surface area contributed by atoms with E-state index in [1.807, 2.05) is 13.8 Å². The second-order valence-electron chi connectivity index (χ2n) is 6.65. The zero-order valence-electron chi connectivity index (χ0n) is 16.1. The van der Waals surface area contributed by atoms with E-state index < -0.39 is 12.0 Å². The summed E-state index contributed by atoms with van der Waals surface area (Å²) in [5.41, 5.74) is 0.300. The van der Waals surface area contributed by atoms with Crippen LogP contribution in [0.1, 0.15) is 30.6 Å². The fraction of sp³-hybridized carbons (Fsp3) is 0.526. The van der Waals surface area contributed by atoms with Gasteiger partial charge in [0.05, 0.1) is 32.8 Å². The van der Waals surface area contributed by atoms with E-state index in [0.717, 1.165) is 0 Å². The molecule has 2 rings (SSSR count). The van der Waals surface area contributed by atoms with Crippen molar-refractivity contribution in [3.8, 4) is 11.5 Å². The maximum atomic E-state index is 13.1. The lowest BCUT2D eigenvalue weighted by atomic mass is 10.1. The minimum Gasteiger partial charge on any atom is -0.497 e. The van der Waals surface area contributed by atoms with E-state index in [-0.39, 0.29) is 30.8 Å². The maximum Gasteiger partial charge on any atom is 0.308 e. The van der Waals surface area contributed by atoms with E-state index in [0.29, 0.717) is 30.2 Å². The van der Waals surface area contributed by atoms with Crippen LogP contribution in [-0.2, 0) is 14.3 Å². The molecule has 8 heteroatoms. The normalized spacial score (nSPS) is 16.7. The molecule has 8 nitrogen and oxygen atoms in total. The number of carbonyl (C=O) groups is 3. The topological polar surface area (TPSA) is 94.2 Å². The van der Waals surface area contributed by atoms with Gasteiger partial charge in [-0.25, -0.2) is 0 Å². The molecule has 2 amide bonds. The standard InChI is InChI=1S/C19H26N2O6/c1-12(2)11-27-17(22)10-15-18(23)20-7-8-21(15)19(24)14-6-5-13(25-3)9-16(14)26-4/h5-6,9,12,15H,7-8,10-11H2,1-4H3,(H,20,23). The largest absolute Gasteiger partial charge is 0.497 e. The number of esters is 1. The number of rotatable bonds is 7. The molecule has 1 aliphatic rings. The summed E-state index contributed by atoms with van der Waals surface area (Å²) in [5, 5.41) is 2.69. The summed E-state index contributed by atoms with van der Waals surface area (Å²) in [6, 6.07) is 3.91. The fourth-order valence-electron chi connectivity index (χ4n) is 2.77. The first-order valence-electron chi connectivity index (χ1n) is 8.83. The predicted octanol–water partition coefficient (Wildman–Crippen LogP) is 1.23. The molecule has 1 saturated heterocycles. The summed E-state index contributed by atoms with van der Waals surface area (Å²) >= 11 is 0. The van der Waals surface area contributed by atoms with Gasteiger partial charge in [0.15, 0.2) is 0 Å². The first-order valence-corrected chi connectivity index (χ1v) is 8.83. The number of hydrogen-bond donors (Lipinski definition) is 1. The van der Waals surface area contributed by atoms with Crippen LogP contribution >= 0.6 is 0 Å². The van der Waals surface area contributed by atoms with E-state index in [1.54, 1.807) is 18.2 Å². The lowest BCUT2D eigenvalue weighted by molar-refractivity contribution is -0.148. The summed E-state index contributed by atoms with van der Waals surface area (Å²) < 4.78 is 15.6. The lowest BCUT2D eigenvalue weighted by Gasteiger charge is -2.34. The van der Waals surface area contributed by atoms with Crippen molar-refractivity contribution >= 4 is 17.8 Å². The zero-order chi connectivity index (χ0) is 20.0. The van der Waals surface area contributed by atoms with Crippen LogP contribution in [0.3, 0.4) is 0 Å². The smallest absolute Gasteiger partial charge is 0.308 e. The number of benzene rings is 1. The summed E-state index contributed by atoms with van der Waals surface area (Å²) in [7, 11) is 2.97. The van der Waals surface area contributed by atoms with Crippen LogP contribution in [0, 0.1) is 5.92 Å². The van der Waals surface area contributed by atoms with E-state index >= 15 is 0 Å². The number of carbonyl (C=O) groups excluding carboxylic acids is 3. The summed E-state index contributed by atoms with van der Waals surface area (Å²) in [5.74, 6) is -0.185. The molecule has 1 heterocycles. The van der Waals surface area contributed by atoms with Crippen molar-refractivity contribution in [3.63, 3.8) is 0 Å². The molecule has 0 radical (unpaired) electrons. The van der Waals surface area contributed by atoms with Crippen LogP contribution in [0.5, 0.6) is 11.5 Å². The first-order chi connectivity index (χ1) is 12.9. The summed E-state index contributed by atoms with van der Waals surface area (Å²) in [4.78, 5) is 38.8. The quantitative estimate of drug-likeness (QED) is 0.718. The van der Waals surface area contributed by atoms with Gasteiger partial charge in [-0.2, -0.15) is 0 Å². The number of amides is 2. The average molecular weight is 378 g/mol. The van der Waals surface area contributed by atoms with Crippen molar-refractivity contribution in [3.05, 3.63) is 23.8 Å². The third-order valence-electron chi connectivity index (χ3n) is 4.17. The number of nitrogens with one attached hydrogen (secondary N) is 1. The van der Waals surface area contributed by atoms with Gasteiger partial charge in [0, 0.05) is 19.2 Å². The molecule has 1 unspecified atom stereocenters. The maximum absolute atomic E-state index is 13.1. The Balaban J connectivity index is 2.21. The molecule has 0 spiro atoms. The van der Waals surface area contributed by atoms with Crippen molar-refractivity contribution < 1.29 is 28.6 Å². The molecule has 0 bridgehead atoms. The Morgan fingerprint density at radius 2 is 2.00 bits per heavy atom. The van der Waals surface area contributed by atoms with Gasteiger partial charge in [0.25, 0.3) is 5.91 Å². The molecule has 1 atom stereocenters. The van der Waals surface area contributed by atoms with Crippen LogP contribution in [0.15, 0.2) is 18.2 Å². The highest BCUT2D eigenvalue weighted by atomic mass is 16.5. The van der Waals surface area contributed by atoms with Crippen LogP contribution in [0.2, 0.25) is 0 Å². The number of ether oxygens (including phenoxy) is 3. The highest BCUT2D eigenvalue weighted by Crippen LogP contribution is 2.27. The second-order valence-corrected chi connectivity index (χ2v) is 6.65. The van der Waals surface area contributed by atoms with Gasteiger partial charge < -0.3 is 24.4 Å². The molecule has 148 valence electrons. The molecular weight excluding hydrogens is 352 g/mol. The van der Waals surface area contributed by atoms with Crippen molar-refractivity contribution in [2.45, 2.75) is 26.3 Å². The molecular formula is C19H26N2O6. The van der Waals surface area contributed by atoms with Gasteiger partial charge in [-0.3, -0.25) is 14.4 Å². The predicted molar refractivity (Wildman–Crippen MR) is 97.8 cm³/mol. The third kappa shape index (κ3) is 5.12. The van der Waals surface area contributed by atoms with Gasteiger partial charge in [-0.15, -0.1) is 0 Å². The van der Waals surface area contributed by atoms with Crippen molar-refractivity contribution in [1.82, 2.24) is 10.2 Å². The lowest BCUT2D eigenvalue weighted by Crippen LogP contribution is -2.57. The number of hydrogen-bond acceptors (Lipinski definition) is 6. The number of piperazine rings is 1. The Kier molecular flexibility index (Phi) is 7.04. The van der Waals surface area contributed by atoms with E-state index in [2.05, 4.69) is 5.32 Å². The van der Waals surface area contributed by atoms with Crippen LogP contribution in [0.25, 0.3) is 0 Å². The van der Waals surface area contributed by atoms with E-state index in [4.69, 9.17) is 14.2 Å². The average Bonchev–Trinajstić information content (AvgIpc) is 2.66. The number of nitrogens with zero attached hydrogens (tertiary/aromatic N) is 1. The van der Waals surface area contributed by atoms with Crippen molar-refractivity contribution in [2.24, 2.45) is 5.92 Å². The minimum atomic E-state index is -0.919. The highest BCUT2D eigenvalue weighted by Gasteiger charge is 2.36. The van der Waals surface area contributed by atoms with Gasteiger partial charge >= 0.3 is 5.97 Å². The van der Waals surface area contributed by atoms with Gasteiger partial charge in [-0.1, -0.05) is 13.8 Å². The van der Waals surface area contributed by atoms with Crippen LogP contribution < -0.4 is 14.8 Å². The Morgan fingerprint density at radius 3 is 2.63 bits per heavy atom. The van der Waals surface area contributed by atoms with Crippen molar-refractivity contribution in [2.75, 3.05) is 33.9 Å². The Hall–Kier alpha value is -2.77. The second kappa shape index (κ2) is 9.25. The first kappa shape index (κ1) is 20.5.